The Kier molecular flexibility index (Phi) is 4.48. The number of fused-ring (bicyclic) bond motifs is 1. The molecule has 0 aliphatic carbocycles. The second-order valence-electron chi connectivity index (χ2n) is 6.95. The average molecular weight is 396 g/mol. The Morgan fingerprint density at radius 1 is 1.03 bits per heavy atom. The first-order valence-electron chi connectivity index (χ1n) is 9.39. The molecule has 0 saturated carbocycles. The lowest BCUT2D eigenvalue weighted by molar-refractivity contribution is 0.156. The van der Waals surface area contributed by atoms with Gasteiger partial charge in [0.1, 0.15) is 29.5 Å². The minimum atomic E-state index is -0.616. The Labute approximate surface area is 166 Å². The van der Waals surface area contributed by atoms with Crippen molar-refractivity contribution in [1.29, 1.82) is 0 Å². The lowest BCUT2D eigenvalue weighted by Gasteiger charge is -2.24. The smallest absolute Gasteiger partial charge is 0.158 e. The monoisotopic (exact) mass is 396 g/mol. The van der Waals surface area contributed by atoms with E-state index < -0.39 is 11.6 Å². The van der Waals surface area contributed by atoms with Crippen molar-refractivity contribution in [3.8, 4) is 5.75 Å². The molecule has 2 aliphatic heterocycles. The lowest BCUT2D eigenvalue weighted by atomic mass is 10.0. The number of anilines is 3. The first-order chi connectivity index (χ1) is 14.2. The van der Waals surface area contributed by atoms with E-state index in [2.05, 4.69) is 15.3 Å². The summed E-state index contributed by atoms with van der Waals surface area (Å²) in [5, 5.41) is 4.84. The molecule has 0 radical (unpaired) electrons. The molecular weight excluding hydrogens is 378 g/mol. The van der Waals surface area contributed by atoms with Crippen LogP contribution in [0.25, 0.3) is 0 Å². The minimum absolute atomic E-state index is 0.341. The van der Waals surface area contributed by atoms with Crippen LogP contribution in [0, 0.1) is 11.6 Å². The number of ether oxygens (including phenoxy) is 1. The van der Waals surface area contributed by atoms with Crippen molar-refractivity contribution < 1.29 is 18.4 Å². The number of hydrogen-bond donors (Lipinski definition) is 1. The van der Waals surface area contributed by atoms with Crippen molar-refractivity contribution >= 4 is 17.3 Å². The third-order valence-corrected chi connectivity index (χ3v) is 5.03. The molecule has 8 heteroatoms. The van der Waals surface area contributed by atoms with Crippen LogP contribution >= 0.6 is 0 Å². The van der Waals surface area contributed by atoms with Crippen LogP contribution in [0.5, 0.6) is 5.75 Å². The summed E-state index contributed by atoms with van der Waals surface area (Å²) in [6, 6.07) is 10.8. The van der Waals surface area contributed by atoms with Crippen LogP contribution in [-0.2, 0) is 11.3 Å². The Morgan fingerprint density at radius 2 is 1.90 bits per heavy atom. The predicted molar refractivity (Wildman–Crippen MR) is 103 cm³/mol. The fraction of sp³-hybridized carbons (Fsp3) is 0.238. The SMILES string of the molecule is Fc1cc(F)cc([C@H]2CCON2c2cc(Nc3cccc4c3OCC4)ncn2)c1. The molecule has 3 aromatic rings. The van der Waals surface area contributed by atoms with Gasteiger partial charge >= 0.3 is 0 Å². The van der Waals surface area contributed by atoms with E-state index in [1.54, 1.807) is 11.1 Å². The number of nitrogens with one attached hydrogen (secondary N) is 1. The second kappa shape index (κ2) is 7.29. The van der Waals surface area contributed by atoms with Gasteiger partial charge in [0.2, 0.25) is 0 Å². The van der Waals surface area contributed by atoms with Gasteiger partial charge in [0.15, 0.2) is 5.82 Å². The fourth-order valence-electron chi connectivity index (χ4n) is 3.75. The standard InChI is InChI=1S/C21H18F2N4O2/c22-15-8-14(9-16(23)10-15)18-5-7-29-27(18)20-11-19(24-12-25-20)26-17-3-1-2-13-4-6-28-21(13)17/h1-3,8-12,18H,4-7H2,(H,24,25,26)/t18-/m1/s1. The number of halogens is 2. The van der Waals surface area contributed by atoms with E-state index in [0.29, 0.717) is 36.8 Å². The van der Waals surface area contributed by atoms with Gasteiger partial charge in [0.05, 0.1) is 24.9 Å². The number of aromatic nitrogens is 2. The molecule has 1 aromatic heterocycles. The molecule has 0 unspecified atom stereocenters. The maximum atomic E-state index is 13.7. The van der Waals surface area contributed by atoms with Crippen LogP contribution in [0.3, 0.4) is 0 Å². The third kappa shape index (κ3) is 3.47. The second-order valence-corrected chi connectivity index (χ2v) is 6.95. The Bertz CT molecular complexity index is 1040. The maximum absolute atomic E-state index is 13.7. The topological polar surface area (TPSA) is 59.5 Å². The van der Waals surface area contributed by atoms with Gasteiger partial charge in [0, 0.05) is 25.0 Å². The largest absolute Gasteiger partial charge is 0.491 e. The van der Waals surface area contributed by atoms with Gasteiger partial charge < -0.3 is 10.1 Å². The summed E-state index contributed by atoms with van der Waals surface area (Å²) in [4.78, 5) is 14.3. The number of hydroxylamine groups is 1. The van der Waals surface area contributed by atoms with Crippen molar-refractivity contribution in [2.24, 2.45) is 0 Å². The third-order valence-electron chi connectivity index (χ3n) is 5.03. The molecule has 6 nitrogen and oxygen atoms in total. The van der Waals surface area contributed by atoms with E-state index in [-0.39, 0.29) is 6.04 Å². The molecule has 0 bridgehead atoms. The number of para-hydroxylation sites is 1. The minimum Gasteiger partial charge on any atom is -0.491 e. The number of hydrogen-bond acceptors (Lipinski definition) is 6. The van der Waals surface area contributed by atoms with E-state index in [1.807, 2.05) is 18.2 Å². The number of rotatable bonds is 4. The first-order valence-corrected chi connectivity index (χ1v) is 9.39. The maximum Gasteiger partial charge on any atom is 0.158 e. The van der Waals surface area contributed by atoms with Gasteiger partial charge in [-0.05, 0) is 29.3 Å². The summed E-state index contributed by atoms with van der Waals surface area (Å²) >= 11 is 0. The summed E-state index contributed by atoms with van der Waals surface area (Å²) in [5.41, 5.74) is 2.48. The van der Waals surface area contributed by atoms with Crippen LogP contribution in [0.2, 0.25) is 0 Å². The van der Waals surface area contributed by atoms with Gasteiger partial charge in [-0.1, -0.05) is 12.1 Å². The van der Waals surface area contributed by atoms with Gasteiger partial charge in [-0.2, -0.15) is 0 Å². The molecule has 2 aliphatic rings. The molecule has 5 rings (SSSR count). The number of benzene rings is 2. The van der Waals surface area contributed by atoms with E-state index >= 15 is 0 Å². The molecule has 1 saturated heterocycles. The first kappa shape index (κ1) is 17.8. The van der Waals surface area contributed by atoms with Crippen molar-refractivity contribution in [3.05, 3.63) is 71.6 Å². The molecule has 0 spiro atoms. The summed E-state index contributed by atoms with van der Waals surface area (Å²) in [6.07, 6.45) is 2.90. The Morgan fingerprint density at radius 3 is 2.76 bits per heavy atom. The highest BCUT2D eigenvalue weighted by Gasteiger charge is 2.30. The summed E-state index contributed by atoms with van der Waals surface area (Å²) in [7, 11) is 0. The summed E-state index contributed by atoms with van der Waals surface area (Å²) < 4.78 is 33.1. The molecule has 1 fully saturated rings. The highest BCUT2D eigenvalue weighted by atomic mass is 19.1. The molecular formula is C21H18F2N4O2. The highest BCUT2D eigenvalue weighted by molar-refractivity contribution is 5.68. The lowest BCUT2D eigenvalue weighted by Crippen LogP contribution is -2.22. The molecule has 1 atom stereocenters. The van der Waals surface area contributed by atoms with E-state index in [9.17, 15) is 8.78 Å². The van der Waals surface area contributed by atoms with Crippen molar-refractivity contribution in [3.63, 3.8) is 0 Å². The summed E-state index contributed by atoms with van der Waals surface area (Å²) in [5.74, 6) is 0.671. The molecule has 2 aromatic carbocycles. The van der Waals surface area contributed by atoms with Gasteiger partial charge in [-0.25, -0.2) is 23.8 Å². The van der Waals surface area contributed by atoms with Crippen molar-refractivity contribution in [2.45, 2.75) is 18.9 Å². The van der Waals surface area contributed by atoms with Gasteiger partial charge in [-0.3, -0.25) is 4.84 Å². The van der Waals surface area contributed by atoms with Crippen LogP contribution in [0.4, 0.5) is 26.1 Å². The van der Waals surface area contributed by atoms with Crippen molar-refractivity contribution in [2.75, 3.05) is 23.6 Å². The Hall–Kier alpha value is -3.26. The zero-order valence-corrected chi connectivity index (χ0v) is 15.4. The molecule has 148 valence electrons. The molecule has 3 heterocycles. The van der Waals surface area contributed by atoms with Gasteiger partial charge in [-0.15, -0.1) is 0 Å². The molecule has 29 heavy (non-hydrogen) atoms. The zero-order chi connectivity index (χ0) is 19.8. The van der Waals surface area contributed by atoms with Crippen LogP contribution < -0.4 is 15.1 Å². The fourth-order valence-corrected chi connectivity index (χ4v) is 3.75. The predicted octanol–water partition coefficient (Wildman–Crippen LogP) is 4.32. The summed E-state index contributed by atoms with van der Waals surface area (Å²) in [6.45, 7) is 1.09. The van der Waals surface area contributed by atoms with E-state index in [1.165, 1.54) is 18.5 Å². The number of nitrogens with zero attached hydrogens (tertiary/aromatic N) is 3. The van der Waals surface area contributed by atoms with E-state index in [0.717, 1.165) is 29.5 Å². The Balaban J connectivity index is 1.43. The highest BCUT2D eigenvalue weighted by Crippen LogP contribution is 2.37. The quantitative estimate of drug-likeness (QED) is 0.709. The van der Waals surface area contributed by atoms with Crippen LogP contribution in [0.1, 0.15) is 23.6 Å². The average Bonchev–Trinajstić information content (AvgIpc) is 3.38. The van der Waals surface area contributed by atoms with Crippen molar-refractivity contribution in [1.82, 2.24) is 9.97 Å². The van der Waals surface area contributed by atoms with Gasteiger partial charge in [0.25, 0.3) is 0 Å². The normalized spacial score (nSPS) is 17.9. The van der Waals surface area contributed by atoms with E-state index in [4.69, 9.17) is 9.57 Å². The van der Waals surface area contributed by atoms with Crippen LogP contribution in [0.15, 0.2) is 48.8 Å². The molecule has 1 N–H and O–H groups in total. The molecule has 0 amide bonds. The zero-order valence-electron chi connectivity index (χ0n) is 15.4. The van der Waals surface area contributed by atoms with Crippen LogP contribution in [-0.4, -0.2) is 23.2 Å².